The summed E-state index contributed by atoms with van der Waals surface area (Å²) in [5, 5.41) is 1.01. The number of rotatable bonds is 4. The van der Waals surface area contributed by atoms with Crippen molar-refractivity contribution in [3.8, 4) is 0 Å². The van der Waals surface area contributed by atoms with E-state index < -0.39 is 0 Å². The Morgan fingerprint density at radius 2 is 2.20 bits per heavy atom. The number of nitrogens with two attached hydrogens (primary N) is 1. The fourth-order valence-corrected chi connectivity index (χ4v) is 1.41. The average molecular weight is 247 g/mol. The van der Waals surface area contributed by atoms with Crippen LogP contribution in [-0.2, 0) is 4.84 Å². The summed E-state index contributed by atoms with van der Waals surface area (Å²) in [6.07, 6.45) is 1.79. The second-order valence-electron chi connectivity index (χ2n) is 2.79. The van der Waals surface area contributed by atoms with Crippen LogP contribution in [0.3, 0.4) is 0 Å². The van der Waals surface area contributed by atoms with E-state index in [0.29, 0.717) is 16.6 Å². The maximum Gasteiger partial charge on any atom is 0.0650 e. The van der Waals surface area contributed by atoms with Crippen LogP contribution in [0, 0.1) is 0 Å². The molecule has 3 nitrogen and oxygen atoms in total. The number of nitrogens with one attached hydrogen (secondary N) is 1. The molecule has 0 radical (unpaired) electrons. The van der Waals surface area contributed by atoms with E-state index in [1.54, 1.807) is 18.2 Å². The summed E-state index contributed by atoms with van der Waals surface area (Å²) in [6, 6.07) is 5.31. The molecule has 0 unspecified atom stereocenters. The Bertz CT molecular complexity index is 366. The SMILES string of the molecule is CON/C(=C\CN)c1ccc(Cl)c(Cl)c1. The van der Waals surface area contributed by atoms with E-state index in [-0.39, 0.29) is 0 Å². The van der Waals surface area contributed by atoms with Gasteiger partial charge in [0.25, 0.3) is 0 Å². The normalized spacial score (nSPS) is 11.6. The maximum atomic E-state index is 5.90. The molecule has 0 atom stereocenters. The van der Waals surface area contributed by atoms with E-state index in [1.165, 1.54) is 7.11 Å². The molecule has 82 valence electrons. The molecule has 0 aliphatic rings. The predicted octanol–water partition coefficient (Wildman–Crippen LogP) is 2.44. The minimum Gasteiger partial charge on any atom is -0.327 e. The molecule has 15 heavy (non-hydrogen) atoms. The summed E-state index contributed by atoms with van der Waals surface area (Å²) in [4.78, 5) is 4.83. The highest BCUT2D eigenvalue weighted by Gasteiger charge is 2.03. The summed E-state index contributed by atoms with van der Waals surface area (Å²) >= 11 is 11.7. The fraction of sp³-hybridized carbons (Fsp3) is 0.200. The molecule has 1 aromatic carbocycles. The highest BCUT2D eigenvalue weighted by molar-refractivity contribution is 6.42. The van der Waals surface area contributed by atoms with Gasteiger partial charge in [-0.05, 0) is 18.2 Å². The Morgan fingerprint density at radius 1 is 1.47 bits per heavy atom. The van der Waals surface area contributed by atoms with Crippen LogP contribution in [0.1, 0.15) is 5.56 Å². The quantitative estimate of drug-likeness (QED) is 0.803. The van der Waals surface area contributed by atoms with Crippen LogP contribution in [0.4, 0.5) is 0 Å². The molecule has 0 saturated heterocycles. The van der Waals surface area contributed by atoms with Gasteiger partial charge in [-0.2, -0.15) is 0 Å². The van der Waals surface area contributed by atoms with Crippen molar-refractivity contribution in [1.82, 2.24) is 5.48 Å². The lowest BCUT2D eigenvalue weighted by Gasteiger charge is -2.09. The van der Waals surface area contributed by atoms with Gasteiger partial charge >= 0.3 is 0 Å². The smallest absolute Gasteiger partial charge is 0.0650 e. The van der Waals surface area contributed by atoms with Gasteiger partial charge in [0, 0.05) is 12.1 Å². The minimum absolute atomic E-state index is 0.409. The number of hydroxylamine groups is 1. The van der Waals surface area contributed by atoms with Gasteiger partial charge in [0.2, 0.25) is 0 Å². The standard InChI is InChI=1S/C10H12Cl2N2O/c1-15-14-10(4-5-13)7-2-3-8(11)9(12)6-7/h2-4,6,14H,5,13H2,1H3/b10-4-. The third kappa shape index (κ3) is 3.39. The van der Waals surface area contributed by atoms with Gasteiger partial charge in [0.15, 0.2) is 0 Å². The Kier molecular flexibility index (Phi) is 4.91. The zero-order valence-electron chi connectivity index (χ0n) is 8.26. The molecule has 0 aliphatic heterocycles. The number of hydrogen-bond donors (Lipinski definition) is 2. The van der Waals surface area contributed by atoms with Crippen LogP contribution in [0.2, 0.25) is 10.0 Å². The first kappa shape index (κ1) is 12.3. The van der Waals surface area contributed by atoms with Gasteiger partial charge in [0.1, 0.15) is 0 Å². The molecule has 0 aromatic heterocycles. The molecule has 1 rings (SSSR count). The van der Waals surface area contributed by atoms with E-state index in [0.717, 1.165) is 11.3 Å². The topological polar surface area (TPSA) is 47.3 Å². The van der Waals surface area contributed by atoms with Gasteiger partial charge < -0.3 is 5.73 Å². The molecule has 1 aromatic rings. The molecule has 0 heterocycles. The van der Waals surface area contributed by atoms with Crippen molar-refractivity contribution in [1.29, 1.82) is 0 Å². The first-order valence-electron chi connectivity index (χ1n) is 4.33. The van der Waals surface area contributed by atoms with Gasteiger partial charge in [-0.15, -0.1) is 0 Å². The largest absolute Gasteiger partial charge is 0.327 e. The molecule has 0 fully saturated rings. The van der Waals surface area contributed by atoms with Crippen LogP contribution in [0.5, 0.6) is 0 Å². The van der Waals surface area contributed by atoms with Crippen molar-refractivity contribution in [2.24, 2.45) is 5.73 Å². The highest BCUT2D eigenvalue weighted by Crippen LogP contribution is 2.25. The number of benzene rings is 1. The fourth-order valence-electron chi connectivity index (χ4n) is 1.11. The number of halogens is 2. The third-order valence-electron chi connectivity index (χ3n) is 1.76. The van der Waals surface area contributed by atoms with Gasteiger partial charge in [-0.1, -0.05) is 29.3 Å². The lowest BCUT2D eigenvalue weighted by molar-refractivity contribution is 0.136. The summed E-state index contributed by atoms with van der Waals surface area (Å²) in [5.41, 5.74) is 9.79. The van der Waals surface area contributed by atoms with Gasteiger partial charge in [-0.3, -0.25) is 10.3 Å². The monoisotopic (exact) mass is 246 g/mol. The van der Waals surface area contributed by atoms with Crippen molar-refractivity contribution in [3.63, 3.8) is 0 Å². The van der Waals surface area contributed by atoms with Crippen LogP contribution >= 0.6 is 23.2 Å². The van der Waals surface area contributed by atoms with Crippen molar-refractivity contribution >= 4 is 28.9 Å². The second-order valence-corrected chi connectivity index (χ2v) is 3.60. The summed E-state index contributed by atoms with van der Waals surface area (Å²) in [7, 11) is 1.53. The molecule has 5 heteroatoms. The van der Waals surface area contributed by atoms with E-state index in [9.17, 15) is 0 Å². The van der Waals surface area contributed by atoms with E-state index in [1.807, 2.05) is 6.07 Å². The molecule has 0 saturated carbocycles. The van der Waals surface area contributed by atoms with Crippen LogP contribution < -0.4 is 11.2 Å². The Balaban J connectivity index is 3.01. The van der Waals surface area contributed by atoms with E-state index >= 15 is 0 Å². The van der Waals surface area contributed by atoms with Crippen molar-refractivity contribution < 1.29 is 4.84 Å². The van der Waals surface area contributed by atoms with Gasteiger partial charge in [0.05, 0.1) is 22.9 Å². The zero-order chi connectivity index (χ0) is 11.3. The second kappa shape index (κ2) is 5.98. The molecule has 0 spiro atoms. The number of hydrogen-bond acceptors (Lipinski definition) is 3. The van der Waals surface area contributed by atoms with Crippen LogP contribution in [0.25, 0.3) is 5.70 Å². The third-order valence-corrected chi connectivity index (χ3v) is 2.50. The zero-order valence-corrected chi connectivity index (χ0v) is 9.77. The predicted molar refractivity (Wildman–Crippen MR) is 63.6 cm³/mol. The summed E-state index contributed by atoms with van der Waals surface area (Å²) in [5.74, 6) is 0. The van der Waals surface area contributed by atoms with Crippen LogP contribution in [0.15, 0.2) is 24.3 Å². The first-order chi connectivity index (χ1) is 7.19. The average Bonchev–Trinajstić information content (AvgIpc) is 2.22. The lowest BCUT2D eigenvalue weighted by atomic mass is 10.1. The first-order valence-corrected chi connectivity index (χ1v) is 5.09. The molecule has 0 amide bonds. The van der Waals surface area contributed by atoms with Crippen molar-refractivity contribution in [3.05, 3.63) is 39.9 Å². The summed E-state index contributed by atoms with van der Waals surface area (Å²) in [6.45, 7) is 0.409. The molecular formula is C10H12Cl2N2O. The van der Waals surface area contributed by atoms with Crippen LogP contribution in [-0.4, -0.2) is 13.7 Å². The summed E-state index contributed by atoms with van der Waals surface area (Å²) < 4.78 is 0. The Labute approximate surface area is 98.8 Å². The Hall–Kier alpha value is -0.740. The molecule has 0 aliphatic carbocycles. The minimum atomic E-state index is 0.409. The van der Waals surface area contributed by atoms with Crippen molar-refractivity contribution in [2.75, 3.05) is 13.7 Å². The Morgan fingerprint density at radius 3 is 2.73 bits per heavy atom. The molecular weight excluding hydrogens is 235 g/mol. The lowest BCUT2D eigenvalue weighted by Crippen LogP contribution is -2.12. The molecule has 0 bridgehead atoms. The van der Waals surface area contributed by atoms with E-state index in [4.69, 9.17) is 33.8 Å². The molecule has 3 N–H and O–H groups in total. The maximum absolute atomic E-state index is 5.90. The van der Waals surface area contributed by atoms with Crippen molar-refractivity contribution in [2.45, 2.75) is 0 Å². The van der Waals surface area contributed by atoms with Gasteiger partial charge in [-0.25, -0.2) is 0 Å². The highest BCUT2D eigenvalue weighted by atomic mass is 35.5. The van der Waals surface area contributed by atoms with E-state index in [2.05, 4.69) is 5.48 Å².